The first-order valence-corrected chi connectivity index (χ1v) is 12.9. The van der Waals surface area contributed by atoms with Crippen LogP contribution in [-0.4, -0.2) is 61.1 Å². The van der Waals surface area contributed by atoms with Gasteiger partial charge in [-0.15, -0.1) is 10.2 Å². The molecule has 36 heavy (non-hydrogen) atoms. The molecule has 0 spiro atoms. The molecule has 1 saturated heterocycles. The molecule has 4 aromatic rings. The van der Waals surface area contributed by atoms with Gasteiger partial charge in [0.05, 0.1) is 10.9 Å². The fraction of sp³-hybridized carbons (Fsp3) is 0.429. The van der Waals surface area contributed by atoms with Crippen molar-refractivity contribution in [1.82, 2.24) is 29.0 Å². The summed E-state index contributed by atoms with van der Waals surface area (Å²) >= 11 is 0. The maximum atomic E-state index is 13.2. The van der Waals surface area contributed by atoms with Crippen LogP contribution in [0, 0.1) is 5.92 Å². The van der Waals surface area contributed by atoms with Gasteiger partial charge in [-0.25, -0.2) is 0 Å². The van der Waals surface area contributed by atoms with Crippen molar-refractivity contribution in [2.24, 2.45) is 5.92 Å². The number of aromatic nitrogens is 4. The van der Waals surface area contributed by atoms with Gasteiger partial charge in [0.1, 0.15) is 5.82 Å². The van der Waals surface area contributed by atoms with Crippen LogP contribution in [0.4, 0.5) is 0 Å². The molecule has 0 N–H and O–H groups in total. The monoisotopic (exact) mass is 486 g/mol. The van der Waals surface area contributed by atoms with E-state index in [1.165, 1.54) is 5.56 Å². The van der Waals surface area contributed by atoms with Gasteiger partial charge in [0.15, 0.2) is 0 Å². The minimum atomic E-state index is -0.0397. The Morgan fingerprint density at radius 2 is 1.67 bits per heavy atom. The quantitative estimate of drug-likeness (QED) is 0.382. The molecular formula is C28H34N6O2. The van der Waals surface area contributed by atoms with Gasteiger partial charge in [-0.2, -0.15) is 0 Å². The van der Waals surface area contributed by atoms with Crippen LogP contribution >= 0.6 is 0 Å². The zero-order valence-electron chi connectivity index (χ0n) is 21.1. The van der Waals surface area contributed by atoms with Crippen molar-refractivity contribution in [1.29, 1.82) is 0 Å². The SMILES string of the molecule is CC(C)CCn1c(=O)c2ccccc2n2c(CCC(=O)N3CCN(Cc4ccccc4)CC3)nnc12. The Hall–Kier alpha value is -3.52. The van der Waals surface area contributed by atoms with Crippen molar-refractivity contribution in [3.63, 3.8) is 0 Å². The number of para-hydroxylation sites is 1. The third kappa shape index (κ3) is 5.04. The first-order valence-electron chi connectivity index (χ1n) is 12.9. The highest BCUT2D eigenvalue weighted by Gasteiger charge is 2.22. The molecule has 8 nitrogen and oxygen atoms in total. The summed E-state index contributed by atoms with van der Waals surface area (Å²) in [7, 11) is 0. The maximum Gasteiger partial charge on any atom is 0.262 e. The Labute approximate surface area is 211 Å². The molecule has 3 heterocycles. The van der Waals surface area contributed by atoms with E-state index in [0.717, 1.165) is 50.5 Å². The predicted molar refractivity (Wildman–Crippen MR) is 141 cm³/mol. The second-order valence-electron chi connectivity index (χ2n) is 10.1. The second kappa shape index (κ2) is 10.6. The number of piperazine rings is 1. The number of nitrogens with zero attached hydrogens (tertiary/aromatic N) is 6. The molecule has 0 saturated carbocycles. The zero-order valence-corrected chi connectivity index (χ0v) is 21.1. The number of benzene rings is 2. The summed E-state index contributed by atoms with van der Waals surface area (Å²) in [6.45, 7) is 9.03. The van der Waals surface area contributed by atoms with Gasteiger partial charge in [-0.1, -0.05) is 56.3 Å². The lowest BCUT2D eigenvalue weighted by molar-refractivity contribution is -0.133. The molecule has 0 radical (unpaired) electrons. The highest BCUT2D eigenvalue weighted by Crippen LogP contribution is 2.17. The minimum absolute atomic E-state index is 0.0397. The van der Waals surface area contributed by atoms with E-state index in [1.807, 2.05) is 39.6 Å². The number of hydrogen-bond donors (Lipinski definition) is 0. The summed E-state index contributed by atoms with van der Waals surface area (Å²) in [5.41, 5.74) is 2.05. The van der Waals surface area contributed by atoms with Crippen molar-refractivity contribution in [2.45, 2.75) is 46.2 Å². The largest absolute Gasteiger partial charge is 0.340 e. The van der Waals surface area contributed by atoms with E-state index in [2.05, 4.69) is 53.2 Å². The van der Waals surface area contributed by atoms with Gasteiger partial charge in [0.2, 0.25) is 11.7 Å². The Morgan fingerprint density at radius 1 is 0.944 bits per heavy atom. The normalized spacial score (nSPS) is 14.8. The molecule has 0 atom stereocenters. The summed E-state index contributed by atoms with van der Waals surface area (Å²) in [6.07, 6.45) is 1.74. The van der Waals surface area contributed by atoms with Crippen molar-refractivity contribution in [3.05, 3.63) is 76.3 Å². The zero-order chi connectivity index (χ0) is 25.1. The maximum absolute atomic E-state index is 13.2. The van der Waals surface area contributed by atoms with Crippen molar-refractivity contribution >= 4 is 22.6 Å². The van der Waals surface area contributed by atoms with Crippen LogP contribution in [0.5, 0.6) is 0 Å². The van der Waals surface area contributed by atoms with E-state index in [-0.39, 0.29) is 11.5 Å². The van der Waals surface area contributed by atoms with Gasteiger partial charge in [0.25, 0.3) is 5.56 Å². The third-order valence-electron chi connectivity index (χ3n) is 7.04. The predicted octanol–water partition coefficient (Wildman–Crippen LogP) is 3.37. The molecule has 2 aromatic heterocycles. The van der Waals surface area contributed by atoms with E-state index in [1.54, 1.807) is 4.57 Å². The third-order valence-corrected chi connectivity index (χ3v) is 7.04. The number of carbonyl (C=O) groups excluding carboxylic acids is 1. The van der Waals surface area contributed by atoms with E-state index < -0.39 is 0 Å². The van der Waals surface area contributed by atoms with Crippen LogP contribution in [0.25, 0.3) is 16.7 Å². The summed E-state index contributed by atoms with van der Waals surface area (Å²) in [4.78, 5) is 30.6. The fourth-order valence-corrected chi connectivity index (χ4v) is 4.94. The lowest BCUT2D eigenvalue weighted by atomic mass is 10.1. The molecule has 188 valence electrons. The lowest BCUT2D eigenvalue weighted by Crippen LogP contribution is -2.48. The number of carbonyl (C=O) groups is 1. The number of hydrogen-bond acceptors (Lipinski definition) is 5. The standard InChI is InChI=1S/C28H34N6O2/c1-21(2)14-15-33-27(36)23-10-6-7-11-24(23)34-25(29-30-28(33)34)12-13-26(35)32-18-16-31(17-19-32)20-22-8-4-3-5-9-22/h3-11,21H,12-20H2,1-2H3. The van der Waals surface area contributed by atoms with E-state index in [0.29, 0.717) is 36.5 Å². The van der Waals surface area contributed by atoms with Crippen LogP contribution in [0.15, 0.2) is 59.4 Å². The van der Waals surface area contributed by atoms with E-state index in [9.17, 15) is 9.59 Å². The molecule has 0 unspecified atom stereocenters. The van der Waals surface area contributed by atoms with Gasteiger partial charge in [0, 0.05) is 52.1 Å². The van der Waals surface area contributed by atoms with Crippen LogP contribution < -0.4 is 5.56 Å². The molecule has 1 aliphatic heterocycles. The molecule has 1 fully saturated rings. The van der Waals surface area contributed by atoms with Crippen LogP contribution in [0.1, 0.15) is 38.1 Å². The molecule has 0 aliphatic carbocycles. The summed E-state index contributed by atoms with van der Waals surface area (Å²) in [5, 5.41) is 9.47. The summed E-state index contributed by atoms with van der Waals surface area (Å²) in [5.74, 6) is 1.88. The van der Waals surface area contributed by atoms with Crippen molar-refractivity contribution in [2.75, 3.05) is 26.2 Å². The molecule has 1 aliphatic rings. The molecule has 0 bridgehead atoms. The van der Waals surface area contributed by atoms with Gasteiger partial charge >= 0.3 is 0 Å². The van der Waals surface area contributed by atoms with Gasteiger partial charge in [-0.3, -0.25) is 23.5 Å². The lowest BCUT2D eigenvalue weighted by Gasteiger charge is -2.34. The van der Waals surface area contributed by atoms with Crippen LogP contribution in [0.2, 0.25) is 0 Å². The van der Waals surface area contributed by atoms with Crippen LogP contribution in [0.3, 0.4) is 0 Å². The summed E-state index contributed by atoms with van der Waals surface area (Å²) < 4.78 is 3.69. The average molecular weight is 487 g/mol. The number of rotatable bonds is 8. The van der Waals surface area contributed by atoms with E-state index >= 15 is 0 Å². The molecule has 1 amide bonds. The number of aryl methyl sites for hydroxylation is 2. The highest BCUT2D eigenvalue weighted by molar-refractivity contribution is 5.80. The summed E-state index contributed by atoms with van der Waals surface area (Å²) in [6, 6.07) is 18.0. The smallest absolute Gasteiger partial charge is 0.262 e. The topological polar surface area (TPSA) is 75.7 Å². The fourth-order valence-electron chi connectivity index (χ4n) is 4.94. The highest BCUT2D eigenvalue weighted by atomic mass is 16.2. The average Bonchev–Trinajstić information content (AvgIpc) is 3.32. The van der Waals surface area contributed by atoms with Crippen LogP contribution in [-0.2, 0) is 24.3 Å². The Kier molecular flexibility index (Phi) is 7.13. The van der Waals surface area contributed by atoms with Crippen molar-refractivity contribution in [3.8, 4) is 0 Å². The first kappa shape index (κ1) is 24.2. The Morgan fingerprint density at radius 3 is 2.42 bits per heavy atom. The molecule has 8 heteroatoms. The van der Waals surface area contributed by atoms with Gasteiger partial charge < -0.3 is 4.90 Å². The van der Waals surface area contributed by atoms with Crippen molar-refractivity contribution < 1.29 is 4.79 Å². The number of amides is 1. The first-order chi connectivity index (χ1) is 17.5. The van der Waals surface area contributed by atoms with Gasteiger partial charge in [-0.05, 0) is 30.0 Å². The minimum Gasteiger partial charge on any atom is -0.340 e. The molecule has 2 aromatic carbocycles. The molecular weight excluding hydrogens is 452 g/mol. The number of fused-ring (bicyclic) bond motifs is 3. The Bertz CT molecular complexity index is 1400. The second-order valence-corrected chi connectivity index (χ2v) is 10.1. The Balaban J connectivity index is 1.29. The molecule has 5 rings (SSSR count). The van der Waals surface area contributed by atoms with E-state index in [4.69, 9.17) is 0 Å².